The molecule has 3 heteroatoms. The van der Waals surface area contributed by atoms with Crippen molar-refractivity contribution < 1.29 is 9.90 Å². The normalized spacial score (nSPS) is 30.6. The summed E-state index contributed by atoms with van der Waals surface area (Å²) < 4.78 is 0. The molecule has 2 bridgehead atoms. The lowest BCUT2D eigenvalue weighted by atomic mass is 9.89. The van der Waals surface area contributed by atoms with Gasteiger partial charge in [0, 0.05) is 18.1 Å². The first-order valence-electron chi connectivity index (χ1n) is 7.56. The molecule has 0 amide bonds. The van der Waals surface area contributed by atoms with Gasteiger partial charge in [-0.2, -0.15) is 0 Å². The zero-order chi connectivity index (χ0) is 14.4. The first-order chi connectivity index (χ1) is 9.49. The van der Waals surface area contributed by atoms with E-state index < -0.39 is 5.97 Å². The molecule has 1 N–H and O–H groups in total. The molecular formula is C17H23NO2. The van der Waals surface area contributed by atoms with Gasteiger partial charge in [0.15, 0.2) is 0 Å². The van der Waals surface area contributed by atoms with Crippen molar-refractivity contribution in [3.05, 3.63) is 34.9 Å². The summed E-state index contributed by atoms with van der Waals surface area (Å²) in [6.45, 7) is 6.50. The molecule has 0 aromatic heterocycles. The van der Waals surface area contributed by atoms with E-state index in [0.29, 0.717) is 12.1 Å². The Hall–Kier alpha value is -1.35. The van der Waals surface area contributed by atoms with E-state index in [1.54, 1.807) is 0 Å². The highest BCUT2D eigenvalue weighted by Crippen LogP contribution is 2.46. The molecule has 0 radical (unpaired) electrons. The van der Waals surface area contributed by atoms with Crippen molar-refractivity contribution in [2.75, 3.05) is 0 Å². The van der Waals surface area contributed by atoms with Gasteiger partial charge in [-0.1, -0.05) is 23.8 Å². The van der Waals surface area contributed by atoms with E-state index in [0.717, 1.165) is 19.3 Å². The Kier molecular flexibility index (Phi) is 3.33. The lowest BCUT2D eigenvalue weighted by molar-refractivity contribution is -0.142. The maximum absolute atomic E-state index is 11.4. The Morgan fingerprint density at radius 2 is 2.10 bits per heavy atom. The van der Waals surface area contributed by atoms with Crippen molar-refractivity contribution in [2.45, 2.75) is 58.2 Å². The lowest BCUT2D eigenvalue weighted by Crippen LogP contribution is -2.35. The summed E-state index contributed by atoms with van der Waals surface area (Å²) in [4.78, 5) is 13.8. The van der Waals surface area contributed by atoms with Crippen molar-refractivity contribution in [3.63, 3.8) is 0 Å². The van der Waals surface area contributed by atoms with Gasteiger partial charge in [-0.25, -0.2) is 0 Å². The molecule has 1 aromatic carbocycles. The second kappa shape index (κ2) is 4.88. The maximum Gasteiger partial charge on any atom is 0.308 e. The number of aryl methyl sites for hydroxylation is 2. The van der Waals surface area contributed by atoms with Gasteiger partial charge < -0.3 is 5.11 Å². The van der Waals surface area contributed by atoms with Crippen LogP contribution in [0, 0.1) is 19.8 Å². The largest absolute Gasteiger partial charge is 0.481 e. The average Bonchev–Trinajstić information content (AvgIpc) is 2.95. The van der Waals surface area contributed by atoms with E-state index in [4.69, 9.17) is 0 Å². The topological polar surface area (TPSA) is 40.5 Å². The van der Waals surface area contributed by atoms with Crippen LogP contribution in [0.25, 0.3) is 0 Å². The van der Waals surface area contributed by atoms with Gasteiger partial charge in [-0.15, -0.1) is 0 Å². The van der Waals surface area contributed by atoms with Gasteiger partial charge in [0.25, 0.3) is 0 Å². The molecule has 3 rings (SSSR count). The first-order valence-corrected chi connectivity index (χ1v) is 7.56. The van der Waals surface area contributed by atoms with Crippen molar-refractivity contribution >= 4 is 5.97 Å². The summed E-state index contributed by atoms with van der Waals surface area (Å²) in [5.41, 5.74) is 3.94. The minimum atomic E-state index is -0.616. The van der Waals surface area contributed by atoms with Gasteiger partial charge >= 0.3 is 5.97 Å². The number of hydrogen-bond acceptors (Lipinski definition) is 2. The third-order valence-electron chi connectivity index (χ3n) is 5.23. The Bertz CT molecular complexity index is 540. The van der Waals surface area contributed by atoms with Crippen LogP contribution in [0.4, 0.5) is 0 Å². The van der Waals surface area contributed by atoms with Crippen LogP contribution in [0.2, 0.25) is 0 Å². The number of benzene rings is 1. The molecule has 20 heavy (non-hydrogen) atoms. The number of aliphatic carboxylic acids is 1. The Labute approximate surface area is 120 Å². The van der Waals surface area contributed by atoms with Crippen molar-refractivity contribution in [1.29, 1.82) is 0 Å². The smallest absolute Gasteiger partial charge is 0.308 e. The van der Waals surface area contributed by atoms with E-state index in [9.17, 15) is 9.90 Å². The highest BCUT2D eigenvalue weighted by atomic mass is 16.4. The number of carboxylic acid groups (broad SMARTS) is 1. The van der Waals surface area contributed by atoms with Gasteiger partial charge in [0.2, 0.25) is 0 Å². The second-order valence-electron chi connectivity index (χ2n) is 6.46. The van der Waals surface area contributed by atoms with Gasteiger partial charge in [-0.3, -0.25) is 9.69 Å². The minimum absolute atomic E-state index is 0.165. The molecule has 108 valence electrons. The summed E-state index contributed by atoms with van der Waals surface area (Å²) in [6.07, 6.45) is 3.02. The van der Waals surface area contributed by atoms with Crippen molar-refractivity contribution in [3.8, 4) is 0 Å². The SMILES string of the molecule is Cc1ccc(C(C)N2C3CCC2C(C(=O)O)C3)c(C)c1. The van der Waals surface area contributed by atoms with Crippen molar-refractivity contribution in [1.82, 2.24) is 4.90 Å². The zero-order valence-corrected chi connectivity index (χ0v) is 12.5. The van der Waals surface area contributed by atoms with Crippen LogP contribution in [0.1, 0.15) is 48.9 Å². The first kappa shape index (κ1) is 13.6. The van der Waals surface area contributed by atoms with Crippen LogP contribution in [-0.4, -0.2) is 28.1 Å². The van der Waals surface area contributed by atoms with Gasteiger partial charge in [-0.05, 0) is 51.2 Å². The molecule has 2 fully saturated rings. The van der Waals surface area contributed by atoms with Gasteiger partial charge in [0.1, 0.15) is 0 Å². The number of fused-ring (bicyclic) bond motifs is 2. The monoisotopic (exact) mass is 273 g/mol. The average molecular weight is 273 g/mol. The molecule has 2 saturated heterocycles. The highest BCUT2D eigenvalue weighted by Gasteiger charge is 2.50. The number of carboxylic acids is 1. The number of nitrogens with zero attached hydrogens (tertiary/aromatic N) is 1. The third-order valence-corrected chi connectivity index (χ3v) is 5.23. The molecule has 4 atom stereocenters. The molecule has 0 spiro atoms. The standard InChI is InChI=1S/C17H23NO2/c1-10-4-6-14(11(2)8-10)12(3)18-13-5-7-16(18)15(9-13)17(19)20/h4,6,8,12-13,15-16H,5,7,9H2,1-3H3,(H,19,20). The van der Waals surface area contributed by atoms with Crippen LogP contribution in [0.15, 0.2) is 18.2 Å². The zero-order valence-electron chi connectivity index (χ0n) is 12.5. The fraction of sp³-hybridized carbons (Fsp3) is 0.588. The molecule has 2 aliphatic heterocycles. The van der Waals surface area contributed by atoms with Crippen LogP contribution >= 0.6 is 0 Å². The molecule has 1 aromatic rings. The summed E-state index contributed by atoms with van der Waals surface area (Å²) in [5.74, 6) is -0.781. The molecule has 3 nitrogen and oxygen atoms in total. The fourth-order valence-corrected chi connectivity index (χ4v) is 4.35. The van der Waals surface area contributed by atoms with E-state index >= 15 is 0 Å². The second-order valence-corrected chi connectivity index (χ2v) is 6.46. The molecule has 0 aliphatic carbocycles. The summed E-state index contributed by atoms with van der Waals surface area (Å²) in [7, 11) is 0. The fourth-order valence-electron chi connectivity index (χ4n) is 4.35. The number of carbonyl (C=O) groups is 1. The minimum Gasteiger partial charge on any atom is -0.481 e. The lowest BCUT2D eigenvalue weighted by Gasteiger charge is -2.31. The third kappa shape index (κ3) is 2.05. The summed E-state index contributed by atoms with van der Waals surface area (Å²) in [5, 5.41) is 9.37. The predicted octanol–water partition coefficient (Wildman–Crippen LogP) is 3.30. The molecular weight excluding hydrogens is 250 g/mol. The Morgan fingerprint density at radius 1 is 1.35 bits per heavy atom. The molecule has 2 heterocycles. The molecule has 2 aliphatic rings. The molecule has 0 saturated carbocycles. The van der Waals surface area contributed by atoms with Crippen LogP contribution < -0.4 is 0 Å². The van der Waals surface area contributed by atoms with E-state index in [1.165, 1.54) is 16.7 Å². The van der Waals surface area contributed by atoms with Crippen molar-refractivity contribution in [2.24, 2.45) is 5.92 Å². The number of rotatable bonds is 3. The Balaban J connectivity index is 1.88. The number of hydrogen-bond donors (Lipinski definition) is 1. The highest BCUT2D eigenvalue weighted by molar-refractivity contribution is 5.71. The van der Waals surface area contributed by atoms with E-state index in [-0.39, 0.29) is 12.0 Å². The van der Waals surface area contributed by atoms with E-state index in [2.05, 4.69) is 43.9 Å². The maximum atomic E-state index is 11.4. The summed E-state index contributed by atoms with van der Waals surface area (Å²) in [6, 6.07) is 7.59. The summed E-state index contributed by atoms with van der Waals surface area (Å²) >= 11 is 0. The van der Waals surface area contributed by atoms with E-state index in [1.807, 2.05) is 0 Å². The Morgan fingerprint density at radius 3 is 2.70 bits per heavy atom. The van der Waals surface area contributed by atoms with Gasteiger partial charge in [0.05, 0.1) is 5.92 Å². The van der Waals surface area contributed by atoms with Crippen LogP contribution in [0.5, 0.6) is 0 Å². The quantitative estimate of drug-likeness (QED) is 0.918. The molecule has 4 unspecified atom stereocenters. The van der Waals surface area contributed by atoms with Crippen LogP contribution in [0.3, 0.4) is 0 Å². The van der Waals surface area contributed by atoms with Crippen LogP contribution in [-0.2, 0) is 4.79 Å². The predicted molar refractivity (Wildman–Crippen MR) is 78.7 cm³/mol.